The zero-order valence-corrected chi connectivity index (χ0v) is 7.78. The summed E-state index contributed by atoms with van der Waals surface area (Å²) in [6, 6.07) is -1.06. The molecule has 0 N–H and O–H groups in total. The lowest BCUT2D eigenvalue weighted by Gasteiger charge is -2.04. The van der Waals surface area contributed by atoms with Crippen LogP contribution in [0.15, 0.2) is 16.9 Å². The Balaban J connectivity index is 2.74. The van der Waals surface area contributed by atoms with Gasteiger partial charge >= 0.3 is 5.97 Å². The third-order valence-electron chi connectivity index (χ3n) is 1.34. The van der Waals surface area contributed by atoms with E-state index in [1.165, 1.54) is 23.0 Å². The van der Waals surface area contributed by atoms with Gasteiger partial charge in [-0.05, 0) is 12.1 Å². The molecule has 0 aliphatic heterocycles. The minimum absolute atomic E-state index is 0.240. The van der Waals surface area contributed by atoms with Crippen molar-refractivity contribution in [2.45, 2.75) is 13.0 Å². The standard InChI is InChI=1S/C7H8N2O3S/c1-2-12-7(10)6(9-11)5-3-8-4-13-5/h3-4,6H,2H2,1H3. The topological polar surface area (TPSA) is 68.6 Å². The molecule has 0 aromatic carbocycles. The molecule has 5 nitrogen and oxygen atoms in total. The number of rotatable bonds is 4. The Labute approximate surface area is 78.7 Å². The molecule has 1 heterocycles. The van der Waals surface area contributed by atoms with Gasteiger partial charge in [-0.2, -0.15) is 0 Å². The first kappa shape index (κ1) is 9.79. The van der Waals surface area contributed by atoms with Gasteiger partial charge in [0.2, 0.25) is 6.04 Å². The van der Waals surface area contributed by atoms with E-state index >= 15 is 0 Å². The minimum atomic E-state index is -1.06. The highest BCUT2D eigenvalue weighted by Gasteiger charge is 2.24. The molecule has 0 spiro atoms. The Morgan fingerprint density at radius 1 is 1.85 bits per heavy atom. The molecule has 0 saturated carbocycles. The summed E-state index contributed by atoms with van der Waals surface area (Å²) in [5, 5.41) is 2.69. The third kappa shape index (κ3) is 2.32. The Morgan fingerprint density at radius 3 is 3.08 bits per heavy atom. The van der Waals surface area contributed by atoms with Crippen LogP contribution in [0.2, 0.25) is 0 Å². The van der Waals surface area contributed by atoms with Crippen molar-refractivity contribution in [3.8, 4) is 0 Å². The van der Waals surface area contributed by atoms with Crippen LogP contribution < -0.4 is 0 Å². The summed E-state index contributed by atoms with van der Waals surface area (Å²) in [7, 11) is 0. The van der Waals surface area contributed by atoms with Crippen molar-refractivity contribution < 1.29 is 9.53 Å². The minimum Gasteiger partial charge on any atom is -0.464 e. The zero-order valence-electron chi connectivity index (χ0n) is 6.97. The fourth-order valence-corrected chi connectivity index (χ4v) is 1.43. The number of nitrogens with zero attached hydrogens (tertiary/aromatic N) is 2. The van der Waals surface area contributed by atoms with E-state index in [1.807, 2.05) is 0 Å². The van der Waals surface area contributed by atoms with E-state index in [0.717, 1.165) is 0 Å². The molecule has 70 valence electrons. The molecule has 6 heteroatoms. The lowest BCUT2D eigenvalue weighted by molar-refractivity contribution is -0.144. The van der Waals surface area contributed by atoms with Crippen LogP contribution in [0.25, 0.3) is 0 Å². The summed E-state index contributed by atoms with van der Waals surface area (Å²) in [5.74, 6) is -0.623. The number of ether oxygens (including phenoxy) is 1. The van der Waals surface area contributed by atoms with Crippen LogP contribution in [0.3, 0.4) is 0 Å². The molecule has 1 atom stereocenters. The number of carbonyl (C=O) groups excluding carboxylic acids is 1. The van der Waals surface area contributed by atoms with Crippen LogP contribution in [0.1, 0.15) is 17.8 Å². The summed E-state index contributed by atoms with van der Waals surface area (Å²) in [6.07, 6.45) is 1.44. The lowest BCUT2D eigenvalue weighted by Crippen LogP contribution is -2.12. The number of thiazole rings is 1. The van der Waals surface area contributed by atoms with Crippen molar-refractivity contribution in [1.29, 1.82) is 0 Å². The van der Waals surface area contributed by atoms with Gasteiger partial charge in [0, 0.05) is 6.20 Å². The van der Waals surface area contributed by atoms with Crippen LogP contribution >= 0.6 is 11.3 Å². The molecule has 0 fully saturated rings. The van der Waals surface area contributed by atoms with Gasteiger partial charge in [-0.25, -0.2) is 4.79 Å². The summed E-state index contributed by atoms with van der Waals surface area (Å²) >= 11 is 1.20. The second-order valence-corrected chi connectivity index (χ2v) is 3.08. The largest absolute Gasteiger partial charge is 0.464 e. The van der Waals surface area contributed by atoms with Gasteiger partial charge in [-0.15, -0.1) is 16.2 Å². The third-order valence-corrected chi connectivity index (χ3v) is 2.16. The van der Waals surface area contributed by atoms with Crippen LogP contribution in [0.5, 0.6) is 0 Å². The van der Waals surface area contributed by atoms with E-state index < -0.39 is 12.0 Å². The van der Waals surface area contributed by atoms with Crippen LogP contribution in [-0.4, -0.2) is 17.6 Å². The molecule has 0 radical (unpaired) electrons. The Morgan fingerprint density at radius 2 is 2.62 bits per heavy atom. The molecular formula is C7H8N2O3S. The first-order valence-electron chi connectivity index (χ1n) is 3.67. The maximum absolute atomic E-state index is 11.1. The van der Waals surface area contributed by atoms with E-state index in [2.05, 4.69) is 14.9 Å². The second kappa shape index (κ2) is 4.66. The fraction of sp³-hybridized carbons (Fsp3) is 0.429. The molecule has 0 aliphatic rings. The smallest absolute Gasteiger partial charge is 0.340 e. The highest BCUT2D eigenvalue weighted by atomic mass is 32.1. The monoisotopic (exact) mass is 200 g/mol. The molecule has 0 aliphatic carbocycles. The van der Waals surface area contributed by atoms with Crippen molar-refractivity contribution in [2.24, 2.45) is 5.18 Å². The second-order valence-electron chi connectivity index (χ2n) is 2.16. The van der Waals surface area contributed by atoms with Gasteiger partial charge < -0.3 is 4.74 Å². The Kier molecular flexibility index (Phi) is 3.51. The molecule has 1 unspecified atom stereocenters. The van der Waals surface area contributed by atoms with E-state index in [4.69, 9.17) is 0 Å². The SMILES string of the molecule is CCOC(=O)C(N=O)c1cncs1. The molecular weight excluding hydrogens is 192 g/mol. The van der Waals surface area contributed by atoms with Crippen molar-refractivity contribution in [2.75, 3.05) is 6.61 Å². The number of carbonyl (C=O) groups is 1. The van der Waals surface area contributed by atoms with Gasteiger partial charge in [-0.3, -0.25) is 4.98 Å². The zero-order chi connectivity index (χ0) is 9.68. The van der Waals surface area contributed by atoms with Crippen LogP contribution in [0.4, 0.5) is 0 Å². The van der Waals surface area contributed by atoms with Crippen molar-refractivity contribution >= 4 is 17.3 Å². The van der Waals surface area contributed by atoms with Gasteiger partial charge in [0.1, 0.15) is 0 Å². The van der Waals surface area contributed by atoms with E-state index in [1.54, 1.807) is 6.92 Å². The van der Waals surface area contributed by atoms with Crippen molar-refractivity contribution in [1.82, 2.24) is 4.98 Å². The Hall–Kier alpha value is -1.30. The molecule has 0 amide bonds. The molecule has 0 bridgehead atoms. The highest BCUT2D eigenvalue weighted by molar-refractivity contribution is 7.09. The summed E-state index contributed by atoms with van der Waals surface area (Å²) in [4.78, 5) is 25.7. The number of nitroso groups, excluding NO2 is 1. The number of aromatic nitrogens is 1. The number of hydrogen-bond acceptors (Lipinski definition) is 6. The summed E-state index contributed by atoms with van der Waals surface area (Å²) in [6.45, 7) is 1.91. The maximum atomic E-state index is 11.1. The van der Waals surface area contributed by atoms with Gasteiger partial charge in [0.15, 0.2) is 0 Å². The fourth-order valence-electron chi connectivity index (χ4n) is 0.793. The van der Waals surface area contributed by atoms with Crippen molar-refractivity contribution in [3.63, 3.8) is 0 Å². The lowest BCUT2D eigenvalue weighted by atomic mass is 10.3. The molecule has 0 saturated heterocycles. The number of esters is 1. The van der Waals surface area contributed by atoms with Crippen LogP contribution in [0, 0.1) is 4.91 Å². The quantitative estimate of drug-likeness (QED) is 0.545. The predicted octanol–water partition coefficient (Wildman–Crippen LogP) is 1.51. The first-order valence-corrected chi connectivity index (χ1v) is 4.55. The number of hydrogen-bond donors (Lipinski definition) is 0. The molecule has 1 rings (SSSR count). The molecule has 1 aromatic heterocycles. The van der Waals surface area contributed by atoms with Crippen LogP contribution in [-0.2, 0) is 9.53 Å². The van der Waals surface area contributed by atoms with E-state index in [0.29, 0.717) is 4.88 Å². The van der Waals surface area contributed by atoms with Gasteiger partial charge in [0.05, 0.1) is 17.0 Å². The summed E-state index contributed by atoms with van der Waals surface area (Å²) < 4.78 is 4.66. The van der Waals surface area contributed by atoms with E-state index in [-0.39, 0.29) is 6.61 Å². The molecule has 1 aromatic rings. The average molecular weight is 200 g/mol. The van der Waals surface area contributed by atoms with E-state index in [9.17, 15) is 9.70 Å². The maximum Gasteiger partial charge on any atom is 0.340 e. The Bertz CT molecular complexity index is 286. The summed E-state index contributed by atoms with van der Waals surface area (Å²) in [5.41, 5.74) is 1.53. The predicted molar refractivity (Wildman–Crippen MR) is 47.3 cm³/mol. The van der Waals surface area contributed by atoms with Crippen molar-refractivity contribution in [3.05, 3.63) is 21.5 Å². The normalized spacial score (nSPS) is 12.1. The van der Waals surface area contributed by atoms with Gasteiger partial charge in [-0.1, -0.05) is 0 Å². The van der Waals surface area contributed by atoms with Gasteiger partial charge in [0.25, 0.3) is 0 Å². The average Bonchev–Trinajstić information content (AvgIpc) is 2.59. The highest BCUT2D eigenvalue weighted by Crippen LogP contribution is 2.21. The first-order chi connectivity index (χ1) is 6.29. The molecule has 13 heavy (non-hydrogen) atoms.